The summed E-state index contributed by atoms with van der Waals surface area (Å²) in [4.78, 5) is 12.7. The molecule has 2 aromatic rings. The van der Waals surface area contributed by atoms with Crippen molar-refractivity contribution in [1.29, 1.82) is 0 Å². The number of benzene rings is 1. The topological polar surface area (TPSA) is 38.3 Å². The average molecular weight is 289 g/mol. The Hall–Kier alpha value is -1.81. The Balaban J connectivity index is 1.98. The lowest BCUT2D eigenvalue weighted by Gasteiger charge is -2.15. The van der Waals surface area contributed by atoms with Gasteiger partial charge in [-0.05, 0) is 49.9 Å². The van der Waals surface area contributed by atoms with Gasteiger partial charge < -0.3 is 10.1 Å². The molecule has 106 valence electrons. The van der Waals surface area contributed by atoms with Gasteiger partial charge in [-0.1, -0.05) is 18.2 Å². The summed E-state index contributed by atoms with van der Waals surface area (Å²) in [6.45, 7) is 5.97. The van der Waals surface area contributed by atoms with Gasteiger partial charge >= 0.3 is 0 Å². The molecule has 4 heteroatoms. The van der Waals surface area contributed by atoms with Gasteiger partial charge in [0.2, 0.25) is 0 Å². The van der Waals surface area contributed by atoms with Crippen molar-refractivity contribution in [3.63, 3.8) is 0 Å². The molecule has 0 aliphatic carbocycles. The Kier molecular flexibility index (Phi) is 4.79. The summed E-state index contributed by atoms with van der Waals surface area (Å²) >= 11 is 1.45. The van der Waals surface area contributed by atoms with Crippen LogP contribution in [0.5, 0.6) is 5.75 Å². The smallest absolute Gasteiger partial charge is 0.261 e. The first kappa shape index (κ1) is 14.6. The molecular weight excluding hydrogens is 270 g/mol. The van der Waals surface area contributed by atoms with Crippen LogP contribution in [0.25, 0.3) is 0 Å². The molecular formula is C16H19NO2S. The fourth-order valence-electron chi connectivity index (χ4n) is 1.87. The lowest BCUT2D eigenvalue weighted by atomic mass is 10.1. The predicted octanol–water partition coefficient (Wildman–Crippen LogP) is 4.03. The van der Waals surface area contributed by atoms with E-state index in [1.54, 1.807) is 0 Å². The number of hydrogen-bond acceptors (Lipinski definition) is 3. The number of nitrogens with one attached hydrogen (secondary N) is 1. The van der Waals surface area contributed by atoms with Crippen LogP contribution in [0.4, 0.5) is 0 Å². The number of carbonyl (C=O) groups excluding carboxylic acids is 1. The van der Waals surface area contributed by atoms with Crippen molar-refractivity contribution in [2.45, 2.75) is 32.9 Å². The van der Waals surface area contributed by atoms with E-state index in [0.717, 1.165) is 16.2 Å². The van der Waals surface area contributed by atoms with E-state index in [-0.39, 0.29) is 18.1 Å². The summed E-state index contributed by atoms with van der Waals surface area (Å²) in [6, 6.07) is 11.5. The third-order valence-corrected chi connectivity index (χ3v) is 3.71. The van der Waals surface area contributed by atoms with Gasteiger partial charge in [0.1, 0.15) is 5.75 Å². The Morgan fingerprint density at radius 3 is 2.40 bits per heavy atom. The van der Waals surface area contributed by atoms with E-state index in [1.807, 2.05) is 62.5 Å². The highest BCUT2D eigenvalue weighted by Crippen LogP contribution is 2.19. The zero-order valence-electron chi connectivity index (χ0n) is 11.9. The van der Waals surface area contributed by atoms with Crippen LogP contribution in [0.3, 0.4) is 0 Å². The maximum absolute atomic E-state index is 12.0. The van der Waals surface area contributed by atoms with Crippen molar-refractivity contribution >= 4 is 17.2 Å². The maximum Gasteiger partial charge on any atom is 0.261 e. The monoisotopic (exact) mass is 289 g/mol. The molecule has 1 atom stereocenters. The molecule has 1 aromatic carbocycles. The molecule has 3 nitrogen and oxygen atoms in total. The van der Waals surface area contributed by atoms with Crippen LogP contribution in [0.2, 0.25) is 0 Å². The summed E-state index contributed by atoms with van der Waals surface area (Å²) in [7, 11) is 0. The number of thiophene rings is 1. The van der Waals surface area contributed by atoms with Crippen molar-refractivity contribution in [1.82, 2.24) is 5.32 Å². The van der Waals surface area contributed by atoms with Gasteiger partial charge in [0, 0.05) is 0 Å². The standard InChI is InChI=1S/C16H19NO2S/c1-11(2)19-14-8-6-13(7-9-14)12(3)17-16(18)15-5-4-10-20-15/h4-12H,1-3H3,(H,17,18). The highest BCUT2D eigenvalue weighted by Gasteiger charge is 2.12. The van der Waals surface area contributed by atoms with E-state index in [4.69, 9.17) is 4.74 Å². The minimum absolute atomic E-state index is 0.0299. The molecule has 0 radical (unpaired) electrons. The summed E-state index contributed by atoms with van der Waals surface area (Å²) in [6.07, 6.45) is 0.164. The zero-order chi connectivity index (χ0) is 14.5. The molecule has 0 spiro atoms. The Bertz CT molecular complexity index is 546. The second kappa shape index (κ2) is 6.57. The number of hydrogen-bond donors (Lipinski definition) is 1. The van der Waals surface area contributed by atoms with E-state index >= 15 is 0 Å². The van der Waals surface area contributed by atoms with Gasteiger partial charge in [0.15, 0.2) is 0 Å². The minimum atomic E-state index is -0.0324. The normalized spacial score (nSPS) is 12.2. The highest BCUT2D eigenvalue weighted by molar-refractivity contribution is 7.12. The molecule has 1 heterocycles. The number of rotatable bonds is 5. The predicted molar refractivity (Wildman–Crippen MR) is 82.4 cm³/mol. The number of carbonyl (C=O) groups is 1. The van der Waals surface area contributed by atoms with Crippen molar-refractivity contribution in [2.75, 3.05) is 0 Å². The molecule has 1 aromatic heterocycles. The van der Waals surface area contributed by atoms with E-state index in [0.29, 0.717) is 0 Å². The number of amides is 1. The molecule has 0 bridgehead atoms. The van der Waals surface area contributed by atoms with Gasteiger partial charge in [-0.2, -0.15) is 0 Å². The maximum atomic E-state index is 12.0. The van der Waals surface area contributed by atoms with Crippen LogP contribution in [0.1, 0.15) is 42.0 Å². The van der Waals surface area contributed by atoms with Gasteiger partial charge in [-0.3, -0.25) is 4.79 Å². The quantitative estimate of drug-likeness (QED) is 0.902. The molecule has 0 saturated carbocycles. The van der Waals surface area contributed by atoms with Gasteiger partial charge in [-0.25, -0.2) is 0 Å². The Morgan fingerprint density at radius 2 is 1.85 bits per heavy atom. The molecule has 1 N–H and O–H groups in total. The molecule has 0 aliphatic rings. The lowest BCUT2D eigenvalue weighted by Crippen LogP contribution is -2.25. The first-order chi connectivity index (χ1) is 9.56. The Labute approximate surface area is 123 Å². The van der Waals surface area contributed by atoms with E-state index in [2.05, 4.69) is 5.32 Å². The summed E-state index contributed by atoms with van der Waals surface area (Å²) in [5.74, 6) is 0.815. The zero-order valence-corrected chi connectivity index (χ0v) is 12.7. The van der Waals surface area contributed by atoms with Crippen molar-refractivity contribution in [2.24, 2.45) is 0 Å². The second-order valence-electron chi connectivity index (χ2n) is 4.91. The summed E-state index contributed by atoms with van der Waals surface area (Å²) in [5.41, 5.74) is 1.06. The first-order valence-corrected chi connectivity index (χ1v) is 7.55. The SMILES string of the molecule is CC(C)Oc1ccc(C(C)NC(=O)c2cccs2)cc1. The van der Waals surface area contributed by atoms with Gasteiger partial charge in [0.25, 0.3) is 5.91 Å². The van der Waals surface area contributed by atoms with Gasteiger partial charge in [-0.15, -0.1) is 11.3 Å². The van der Waals surface area contributed by atoms with Crippen molar-refractivity contribution in [3.8, 4) is 5.75 Å². The van der Waals surface area contributed by atoms with Crippen LogP contribution in [0, 0.1) is 0 Å². The fourth-order valence-corrected chi connectivity index (χ4v) is 2.49. The molecule has 1 unspecified atom stereocenters. The first-order valence-electron chi connectivity index (χ1n) is 6.67. The average Bonchev–Trinajstić information content (AvgIpc) is 2.92. The Morgan fingerprint density at radius 1 is 1.15 bits per heavy atom. The van der Waals surface area contributed by atoms with Crippen molar-refractivity contribution in [3.05, 3.63) is 52.2 Å². The molecule has 1 amide bonds. The lowest BCUT2D eigenvalue weighted by molar-refractivity contribution is 0.0944. The van der Waals surface area contributed by atoms with Crippen LogP contribution < -0.4 is 10.1 Å². The minimum Gasteiger partial charge on any atom is -0.491 e. The van der Waals surface area contributed by atoms with E-state index in [1.165, 1.54) is 11.3 Å². The molecule has 0 saturated heterocycles. The molecule has 20 heavy (non-hydrogen) atoms. The molecule has 0 fully saturated rings. The summed E-state index contributed by atoms with van der Waals surface area (Å²) in [5, 5.41) is 4.89. The van der Waals surface area contributed by atoms with Crippen molar-refractivity contribution < 1.29 is 9.53 Å². The summed E-state index contributed by atoms with van der Waals surface area (Å²) < 4.78 is 5.60. The van der Waals surface area contributed by atoms with Crippen LogP contribution >= 0.6 is 11.3 Å². The highest BCUT2D eigenvalue weighted by atomic mass is 32.1. The largest absolute Gasteiger partial charge is 0.491 e. The van der Waals surface area contributed by atoms with Crippen LogP contribution in [-0.2, 0) is 0 Å². The third kappa shape index (κ3) is 3.84. The van der Waals surface area contributed by atoms with Gasteiger partial charge in [0.05, 0.1) is 17.0 Å². The van der Waals surface area contributed by atoms with Crippen LogP contribution in [-0.4, -0.2) is 12.0 Å². The second-order valence-corrected chi connectivity index (χ2v) is 5.86. The third-order valence-electron chi connectivity index (χ3n) is 2.84. The number of ether oxygens (including phenoxy) is 1. The molecule has 2 rings (SSSR count). The van der Waals surface area contributed by atoms with Crippen LogP contribution in [0.15, 0.2) is 41.8 Å². The van der Waals surface area contributed by atoms with E-state index < -0.39 is 0 Å². The fraction of sp³-hybridized carbons (Fsp3) is 0.312. The van der Waals surface area contributed by atoms with E-state index in [9.17, 15) is 4.79 Å². The molecule has 0 aliphatic heterocycles.